The van der Waals surface area contributed by atoms with Gasteiger partial charge in [-0.3, -0.25) is 4.79 Å². The summed E-state index contributed by atoms with van der Waals surface area (Å²) in [6.07, 6.45) is 0. The van der Waals surface area contributed by atoms with Gasteiger partial charge in [0.25, 0.3) is 5.56 Å². The quantitative estimate of drug-likeness (QED) is 0.378. The normalized spacial score (nSPS) is 10.7. The van der Waals surface area contributed by atoms with E-state index in [1.54, 1.807) is 44.1 Å². The Kier molecular flexibility index (Phi) is 6.54. The number of carbonyl (C=O) groups is 1. The molecular weight excluding hydrogens is 434 g/mol. The van der Waals surface area contributed by atoms with Gasteiger partial charge in [0.05, 0.1) is 46.1 Å². The number of para-hydroxylation sites is 1. The highest BCUT2D eigenvalue weighted by atomic mass is 16.5. The molecule has 174 valence electrons. The molecule has 0 unspecified atom stereocenters. The highest BCUT2D eigenvalue weighted by Crippen LogP contribution is 2.40. The zero-order valence-electron chi connectivity index (χ0n) is 19.5. The second-order valence-electron chi connectivity index (χ2n) is 7.60. The molecule has 7 heteroatoms. The summed E-state index contributed by atoms with van der Waals surface area (Å²) in [6, 6.07) is 19.8. The van der Waals surface area contributed by atoms with Crippen molar-refractivity contribution in [2.24, 2.45) is 0 Å². The van der Waals surface area contributed by atoms with Crippen LogP contribution in [0.5, 0.6) is 17.2 Å². The molecule has 0 saturated carbocycles. The first-order valence-electron chi connectivity index (χ1n) is 10.6. The van der Waals surface area contributed by atoms with Crippen LogP contribution in [0.4, 0.5) is 0 Å². The number of aromatic nitrogens is 1. The monoisotopic (exact) mass is 459 g/mol. The average molecular weight is 459 g/mol. The number of carbonyl (C=O) groups excluding carboxylic acids is 1. The van der Waals surface area contributed by atoms with Crippen molar-refractivity contribution in [3.05, 3.63) is 88.2 Å². The molecule has 4 rings (SSSR count). The molecule has 0 spiro atoms. The fourth-order valence-electron chi connectivity index (χ4n) is 4.02. The van der Waals surface area contributed by atoms with Crippen LogP contribution in [0.25, 0.3) is 22.0 Å². The molecule has 4 aromatic rings. The van der Waals surface area contributed by atoms with Crippen molar-refractivity contribution in [3.8, 4) is 28.4 Å². The van der Waals surface area contributed by atoms with Crippen LogP contribution < -0.4 is 19.8 Å². The number of benzene rings is 3. The zero-order chi connectivity index (χ0) is 24.2. The standard InChI is InChI=1S/C27H25NO6/c1-31-19-12-13-20-22(21-6-5-7-24(32-2)26(21)33-3)15-25(29)28(23(20)14-19)16-17-8-10-18(11-9-17)27(30)34-4/h5-15H,16H2,1-4H3. The second kappa shape index (κ2) is 9.70. The maximum absolute atomic E-state index is 13.4. The van der Waals surface area contributed by atoms with Crippen LogP contribution in [-0.2, 0) is 11.3 Å². The average Bonchev–Trinajstić information content (AvgIpc) is 2.89. The molecule has 0 aliphatic carbocycles. The zero-order valence-corrected chi connectivity index (χ0v) is 19.5. The third-order valence-electron chi connectivity index (χ3n) is 5.73. The van der Waals surface area contributed by atoms with Gasteiger partial charge in [-0.2, -0.15) is 0 Å². The third kappa shape index (κ3) is 4.20. The Bertz CT molecular complexity index is 1410. The number of hydrogen-bond donors (Lipinski definition) is 0. The Hall–Kier alpha value is -4.26. The first-order valence-corrected chi connectivity index (χ1v) is 10.6. The fraction of sp³-hybridized carbons (Fsp3) is 0.185. The molecule has 1 aromatic heterocycles. The van der Waals surface area contributed by atoms with Gasteiger partial charge in [0, 0.05) is 28.6 Å². The fourth-order valence-corrected chi connectivity index (χ4v) is 4.02. The van der Waals surface area contributed by atoms with Crippen molar-refractivity contribution in [2.75, 3.05) is 28.4 Å². The highest BCUT2D eigenvalue weighted by Gasteiger charge is 2.17. The van der Waals surface area contributed by atoms with Crippen molar-refractivity contribution in [1.29, 1.82) is 0 Å². The molecule has 0 amide bonds. The van der Waals surface area contributed by atoms with Crippen molar-refractivity contribution < 1.29 is 23.7 Å². The second-order valence-corrected chi connectivity index (χ2v) is 7.60. The topological polar surface area (TPSA) is 76.0 Å². The lowest BCUT2D eigenvalue weighted by atomic mass is 9.99. The van der Waals surface area contributed by atoms with E-state index in [0.29, 0.717) is 34.9 Å². The Morgan fingerprint density at radius 2 is 1.59 bits per heavy atom. The van der Waals surface area contributed by atoms with E-state index in [0.717, 1.165) is 22.1 Å². The van der Waals surface area contributed by atoms with Crippen LogP contribution in [0, 0.1) is 0 Å². The number of rotatable bonds is 7. The first kappa shape index (κ1) is 22.9. The van der Waals surface area contributed by atoms with Gasteiger partial charge < -0.3 is 23.5 Å². The van der Waals surface area contributed by atoms with E-state index < -0.39 is 5.97 Å². The minimum Gasteiger partial charge on any atom is -0.497 e. The SMILES string of the molecule is COC(=O)c1ccc(Cn2c(=O)cc(-c3cccc(OC)c3OC)c3ccc(OC)cc32)cc1. The lowest BCUT2D eigenvalue weighted by molar-refractivity contribution is 0.0600. The Labute approximate surface area is 197 Å². The largest absolute Gasteiger partial charge is 0.497 e. The number of nitrogens with zero attached hydrogens (tertiary/aromatic N) is 1. The molecular formula is C27H25NO6. The summed E-state index contributed by atoms with van der Waals surface area (Å²) >= 11 is 0. The van der Waals surface area contributed by atoms with Crippen LogP contribution in [0.3, 0.4) is 0 Å². The van der Waals surface area contributed by atoms with Gasteiger partial charge in [-0.15, -0.1) is 0 Å². The molecule has 0 aliphatic heterocycles. The maximum atomic E-state index is 13.4. The molecule has 0 fully saturated rings. The van der Waals surface area contributed by atoms with Gasteiger partial charge in [-0.1, -0.05) is 24.3 Å². The predicted molar refractivity (Wildman–Crippen MR) is 130 cm³/mol. The van der Waals surface area contributed by atoms with Gasteiger partial charge in [0.15, 0.2) is 11.5 Å². The van der Waals surface area contributed by atoms with E-state index in [9.17, 15) is 9.59 Å². The first-order chi connectivity index (χ1) is 16.5. The van der Waals surface area contributed by atoms with Crippen LogP contribution in [0.15, 0.2) is 71.5 Å². The van der Waals surface area contributed by atoms with Gasteiger partial charge in [0.2, 0.25) is 0 Å². The number of fused-ring (bicyclic) bond motifs is 1. The third-order valence-corrected chi connectivity index (χ3v) is 5.73. The molecule has 0 atom stereocenters. The van der Waals surface area contributed by atoms with Gasteiger partial charge in [-0.05, 0) is 35.9 Å². The minimum atomic E-state index is -0.407. The summed E-state index contributed by atoms with van der Waals surface area (Å²) in [7, 11) is 6.08. The van der Waals surface area contributed by atoms with E-state index >= 15 is 0 Å². The molecule has 0 aliphatic rings. The van der Waals surface area contributed by atoms with Crippen LogP contribution >= 0.6 is 0 Å². The molecule has 0 N–H and O–H groups in total. The van der Waals surface area contributed by atoms with Crippen molar-refractivity contribution in [3.63, 3.8) is 0 Å². The Balaban J connectivity index is 1.90. The number of hydrogen-bond acceptors (Lipinski definition) is 6. The molecule has 3 aromatic carbocycles. The summed E-state index contributed by atoms with van der Waals surface area (Å²) in [6.45, 7) is 0.319. The molecule has 7 nitrogen and oxygen atoms in total. The highest BCUT2D eigenvalue weighted by molar-refractivity contribution is 5.97. The Morgan fingerprint density at radius 3 is 2.24 bits per heavy atom. The summed E-state index contributed by atoms with van der Waals surface area (Å²) in [5.74, 6) is 1.36. The van der Waals surface area contributed by atoms with Crippen LogP contribution in [0.1, 0.15) is 15.9 Å². The smallest absolute Gasteiger partial charge is 0.337 e. The molecule has 0 saturated heterocycles. The van der Waals surface area contributed by atoms with Crippen molar-refractivity contribution in [2.45, 2.75) is 6.54 Å². The lowest BCUT2D eigenvalue weighted by Crippen LogP contribution is -2.21. The predicted octanol–water partition coefficient (Wildman–Crippen LogP) is 4.53. The van der Waals surface area contributed by atoms with Gasteiger partial charge in [-0.25, -0.2) is 4.79 Å². The molecule has 34 heavy (non-hydrogen) atoms. The molecule has 0 bridgehead atoms. The van der Waals surface area contributed by atoms with E-state index in [1.165, 1.54) is 7.11 Å². The summed E-state index contributed by atoms with van der Waals surface area (Å²) in [5, 5.41) is 0.859. The van der Waals surface area contributed by atoms with Crippen LogP contribution in [-0.4, -0.2) is 39.0 Å². The number of esters is 1. The lowest BCUT2D eigenvalue weighted by Gasteiger charge is -2.17. The molecule has 0 radical (unpaired) electrons. The van der Waals surface area contributed by atoms with E-state index in [-0.39, 0.29) is 5.56 Å². The maximum Gasteiger partial charge on any atom is 0.337 e. The summed E-state index contributed by atoms with van der Waals surface area (Å²) in [5.41, 5.74) is 3.33. The van der Waals surface area contributed by atoms with Gasteiger partial charge >= 0.3 is 5.97 Å². The molecule has 1 heterocycles. The number of ether oxygens (including phenoxy) is 4. The minimum absolute atomic E-state index is 0.183. The van der Waals surface area contributed by atoms with Crippen LogP contribution in [0.2, 0.25) is 0 Å². The number of methoxy groups -OCH3 is 4. The van der Waals surface area contributed by atoms with Crippen molar-refractivity contribution >= 4 is 16.9 Å². The van der Waals surface area contributed by atoms with Crippen molar-refractivity contribution in [1.82, 2.24) is 4.57 Å². The summed E-state index contributed by atoms with van der Waals surface area (Å²) in [4.78, 5) is 25.1. The summed E-state index contributed by atoms with van der Waals surface area (Å²) < 4.78 is 23.0. The number of pyridine rings is 1. The van der Waals surface area contributed by atoms with E-state index in [1.807, 2.05) is 48.5 Å². The van der Waals surface area contributed by atoms with Gasteiger partial charge in [0.1, 0.15) is 5.75 Å². The van der Waals surface area contributed by atoms with E-state index in [4.69, 9.17) is 18.9 Å². The van der Waals surface area contributed by atoms with E-state index in [2.05, 4.69) is 0 Å². The Morgan fingerprint density at radius 1 is 0.824 bits per heavy atom.